The summed E-state index contributed by atoms with van der Waals surface area (Å²) in [5.74, 6) is 0.822. The number of rotatable bonds is 5. The molecule has 3 aromatic carbocycles. The fourth-order valence-electron chi connectivity index (χ4n) is 3.63. The molecule has 1 atom stereocenters. The molecule has 1 heterocycles. The Morgan fingerprint density at radius 3 is 2.45 bits per heavy atom. The van der Waals surface area contributed by atoms with Crippen LogP contribution in [0.4, 0.5) is 11.4 Å². The van der Waals surface area contributed by atoms with Crippen molar-refractivity contribution < 1.29 is 4.74 Å². The van der Waals surface area contributed by atoms with Gasteiger partial charge in [0.1, 0.15) is 5.75 Å². The highest BCUT2D eigenvalue weighted by atomic mass is 32.1. The normalized spacial score (nSPS) is 15.4. The summed E-state index contributed by atoms with van der Waals surface area (Å²) in [5.41, 5.74) is 5.32. The van der Waals surface area contributed by atoms with Crippen molar-refractivity contribution in [3.63, 3.8) is 0 Å². The maximum atomic E-state index is 5.76. The van der Waals surface area contributed by atoms with Crippen molar-refractivity contribution in [2.75, 3.05) is 31.4 Å². The molecule has 0 radical (unpaired) electrons. The molecule has 5 nitrogen and oxygen atoms in total. The number of thiocarbonyl (C=S) groups is 1. The molecule has 1 aliphatic heterocycles. The van der Waals surface area contributed by atoms with Gasteiger partial charge in [0.25, 0.3) is 0 Å². The minimum Gasteiger partial charge on any atom is -0.497 e. The van der Waals surface area contributed by atoms with E-state index in [4.69, 9.17) is 22.1 Å². The fourth-order valence-corrected chi connectivity index (χ4v) is 3.92. The lowest BCUT2D eigenvalue weighted by Crippen LogP contribution is -2.31. The van der Waals surface area contributed by atoms with Gasteiger partial charge in [-0.15, -0.1) is 0 Å². The summed E-state index contributed by atoms with van der Waals surface area (Å²) < 4.78 is 5.44. The minimum atomic E-state index is -0.0117. The zero-order valence-corrected chi connectivity index (χ0v) is 18.8. The van der Waals surface area contributed by atoms with Crippen LogP contribution < -0.4 is 15.0 Å². The molecule has 6 heteroatoms. The number of benzene rings is 3. The Kier molecular flexibility index (Phi) is 6.18. The lowest BCUT2D eigenvalue weighted by Gasteiger charge is -2.25. The smallest absolute Gasteiger partial charge is 0.194 e. The molecule has 0 amide bonds. The maximum Gasteiger partial charge on any atom is 0.194 e. The van der Waals surface area contributed by atoms with Crippen molar-refractivity contribution >= 4 is 34.4 Å². The lowest BCUT2D eigenvalue weighted by molar-refractivity contribution is 0.371. The summed E-state index contributed by atoms with van der Waals surface area (Å²) in [6.07, 6.45) is 0.755. The van der Waals surface area contributed by atoms with Crippen LogP contribution in [0.15, 0.2) is 84.0 Å². The van der Waals surface area contributed by atoms with Gasteiger partial charge in [0.05, 0.1) is 18.9 Å². The SMILES string of the molecule is COc1cccc([C@@H]2CC(c3ccc(N(C)C)cc3)=NN2C(=S)Nc2ccccc2)c1. The van der Waals surface area contributed by atoms with Crippen LogP contribution in [0.25, 0.3) is 0 Å². The van der Waals surface area contributed by atoms with Crippen LogP contribution >= 0.6 is 12.2 Å². The van der Waals surface area contributed by atoms with Gasteiger partial charge < -0.3 is 15.0 Å². The summed E-state index contributed by atoms with van der Waals surface area (Å²) in [6, 6.07) is 26.5. The van der Waals surface area contributed by atoms with Crippen molar-refractivity contribution in [2.45, 2.75) is 12.5 Å². The van der Waals surface area contributed by atoms with Crippen LogP contribution in [0.1, 0.15) is 23.6 Å². The Morgan fingerprint density at radius 1 is 1.03 bits per heavy atom. The van der Waals surface area contributed by atoms with Crippen LogP contribution in [-0.2, 0) is 0 Å². The van der Waals surface area contributed by atoms with Crippen LogP contribution in [0, 0.1) is 0 Å². The van der Waals surface area contributed by atoms with Gasteiger partial charge in [-0.05, 0) is 59.7 Å². The molecule has 0 aromatic heterocycles. The van der Waals surface area contributed by atoms with Crippen molar-refractivity contribution in [3.05, 3.63) is 90.0 Å². The zero-order chi connectivity index (χ0) is 21.8. The Hall–Kier alpha value is -3.38. The molecular weight excluding hydrogens is 404 g/mol. The van der Waals surface area contributed by atoms with Gasteiger partial charge in [-0.25, -0.2) is 5.01 Å². The summed E-state index contributed by atoms with van der Waals surface area (Å²) in [4.78, 5) is 2.09. The third-order valence-corrected chi connectivity index (χ3v) is 5.63. The van der Waals surface area contributed by atoms with Crippen molar-refractivity contribution in [1.82, 2.24) is 5.01 Å². The second kappa shape index (κ2) is 9.18. The molecule has 158 valence electrons. The molecule has 0 saturated heterocycles. The first-order valence-corrected chi connectivity index (χ1v) is 10.6. The molecule has 4 rings (SSSR count). The largest absolute Gasteiger partial charge is 0.497 e. The highest BCUT2D eigenvalue weighted by Crippen LogP contribution is 2.35. The molecule has 3 aromatic rings. The molecule has 1 aliphatic rings. The Bertz CT molecular complexity index is 1080. The summed E-state index contributed by atoms with van der Waals surface area (Å²) in [6.45, 7) is 0. The van der Waals surface area contributed by atoms with Crippen molar-refractivity contribution in [1.29, 1.82) is 0 Å². The van der Waals surface area contributed by atoms with E-state index in [1.807, 2.05) is 61.6 Å². The Morgan fingerprint density at radius 2 is 1.77 bits per heavy atom. The molecule has 31 heavy (non-hydrogen) atoms. The molecule has 0 bridgehead atoms. The number of hydrogen-bond donors (Lipinski definition) is 1. The molecular formula is C25H26N4OS. The van der Waals surface area contributed by atoms with E-state index in [1.165, 1.54) is 0 Å². The van der Waals surface area contributed by atoms with Gasteiger partial charge in [0, 0.05) is 31.9 Å². The number of nitrogens with zero attached hydrogens (tertiary/aromatic N) is 3. The van der Waals surface area contributed by atoms with Gasteiger partial charge in [-0.2, -0.15) is 5.10 Å². The third kappa shape index (κ3) is 4.70. The van der Waals surface area contributed by atoms with E-state index in [-0.39, 0.29) is 6.04 Å². The number of para-hydroxylation sites is 1. The first kappa shape index (κ1) is 20.9. The number of hydrazone groups is 1. The van der Waals surface area contributed by atoms with E-state index < -0.39 is 0 Å². The maximum absolute atomic E-state index is 5.76. The third-order valence-electron chi connectivity index (χ3n) is 5.34. The molecule has 0 saturated carbocycles. The summed E-state index contributed by atoms with van der Waals surface area (Å²) in [5, 5.41) is 10.7. The fraction of sp³-hybridized carbons (Fsp3) is 0.200. The standard InChI is InChI=1S/C25H26N4OS/c1-28(2)21-14-12-18(13-15-21)23-17-24(19-8-7-11-22(16-19)30-3)29(27-23)25(31)26-20-9-5-4-6-10-20/h4-16,24H,17H2,1-3H3,(H,26,31)/t24-/m0/s1. The second-order valence-corrected chi connectivity index (χ2v) is 8.01. The monoisotopic (exact) mass is 430 g/mol. The number of ether oxygens (including phenoxy) is 1. The average Bonchev–Trinajstić information content (AvgIpc) is 3.25. The number of nitrogens with one attached hydrogen (secondary N) is 1. The molecule has 1 N–H and O–H groups in total. The number of methoxy groups -OCH3 is 1. The number of anilines is 2. The Balaban J connectivity index is 1.65. The van der Waals surface area contributed by atoms with Gasteiger partial charge >= 0.3 is 0 Å². The second-order valence-electron chi connectivity index (χ2n) is 7.63. The highest BCUT2D eigenvalue weighted by Gasteiger charge is 2.31. The van der Waals surface area contributed by atoms with Crippen molar-refractivity contribution in [2.24, 2.45) is 5.10 Å². The molecule has 0 unspecified atom stereocenters. The lowest BCUT2D eigenvalue weighted by atomic mass is 9.98. The van der Waals surface area contributed by atoms with Gasteiger partial charge in [-0.1, -0.05) is 42.5 Å². The van der Waals surface area contributed by atoms with E-state index >= 15 is 0 Å². The quantitative estimate of drug-likeness (QED) is 0.556. The first-order chi connectivity index (χ1) is 15.0. The summed E-state index contributed by atoms with van der Waals surface area (Å²) in [7, 11) is 5.76. The van der Waals surface area contributed by atoms with Crippen molar-refractivity contribution in [3.8, 4) is 5.75 Å². The first-order valence-electron chi connectivity index (χ1n) is 10.2. The van der Waals surface area contributed by atoms with E-state index in [2.05, 4.69) is 46.6 Å². The topological polar surface area (TPSA) is 40.1 Å². The van der Waals surface area contributed by atoms with E-state index in [0.717, 1.165) is 40.4 Å². The highest BCUT2D eigenvalue weighted by molar-refractivity contribution is 7.80. The van der Waals surface area contributed by atoms with Crippen LogP contribution in [0.5, 0.6) is 5.75 Å². The number of hydrogen-bond acceptors (Lipinski definition) is 4. The van der Waals surface area contributed by atoms with E-state index in [9.17, 15) is 0 Å². The van der Waals surface area contributed by atoms with Crippen LogP contribution in [-0.4, -0.2) is 37.0 Å². The van der Waals surface area contributed by atoms with E-state index in [0.29, 0.717) is 5.11 Å². The predicted octanol–water partition coefficient (Wildman–Crippen LogP) is 5.31. The summed E-state index contributed by atoms with van der Waals surface area (Å²) >= 11 is 5.76. The molecule has 0 spiro atoms. The molecule has 0 fully saturated rings. The van der Waals surface area contributed by atoms with Gasteiger partial charge in [0.15, 0.2) is 5.11 Å². The van der Waals surface area contributed by atoms with E-state index in [1.54, 1.807) is 7.11 Å². The average molecular weight is 431 g/mol. The van der Waals surface area contributed by atoms with Crippen LogP contribution in [0.3, 0.4) is 0 Å². The molecule has 0 aliphatic carbocycles. The van der Waals surface area contributed by atoms with Gasteiger partial charge in [-0.3, -0.25) is 0 Å². The van der Waals surface area contributed by atoms with Crippen LogP contribution in [0.2, 0.25) is 0 Å². The van der Waals surface area contributed by atoms with Gasteiger partial charge in [0.2, 0.25) is 0 Å². The Labute approximate surface area is 189 Å². The minimum absolute atomic E-state index is 0.0117. The predicted molar refractivity (Wildman–Crippen MR) is 132 cm³/mol. The zero-order valence-electron chi connectivity index (χ0n) is 17.9.